The van der Waals surface area contributed by atoms with Crippen LogP contribution < -0.4 is 5.32 Å². The first-order valence-corrected chi connectivity index (χ1v) is 13.9. The summed E-state index contributed by atoms with van der Waals surface area (Å²) >= 11 is 0.373. The predicted octanol–water partition coefficient (Wildman–Crippen LogP) is 4.03. The number of thiazole rings is 1. The third-order valence-corrected chi connectivity index (χ3v) is 8.48. The zero-order chi connectivity index (χ0) is 25.2. The summed E-state index contributed by atoms with van der Waals surface area (Å²) in [5, 5.41) is 15.3. The van der Waals surface area contributed by atoms with Crippen molar-refractivity contribution in [2.75, 3.05) is 31.5 Å². The molecule has 0 radical (unpaired) electrons. The van der Waals surface area contributed by atoms with Crippen LogP contribution in [0.5, 0.6) is 5.75 Å². The van der Waals surface area contributed by atoms with E-state index in [1.54, 1.807) is 35.7 Å². The van der Waals surface area contributed by atoms with Crippen molar-refractivity contribution in [1.82, 2.24) is 28.0 Å². The van der Waals surface area contributed by atoms with Gasteiger partial charge in [-0.3, -0.25) is 4.40 Å². The van der Waals surface area contributed by atoms with Crippen molar-refractivity contribution in [1.29, 1.82) is 0 Å². The van der Waals surface area contributed by atoms with Crippen LogP contribution in [0.3, 0.4) is 0 Å². The van der Waals surface area contributed by atoms with E-state index in [4.69, 9.17) is 9.97 Å². The van der Waals surface area contributed by atoms with Crippen LogP contribution in [0.4, 0.5) is 5.95 Å². The van der Waals surface area contributed by atoms with Gasteiger partial charge in [0.15, 0.2) is 16.1 Å². The topological polar surface area (TPSA) is 98.9 Å². The molecule has 0 amide bonds. The maximum atomic E-state index is 12.9. The molecule has 0 saturated carbocycles. The summed E-state index contributed by atoms with van der Waals surface area (Å²) in [6.45, 7) is 3.37. The molecule has 188 valence electrons. The fraction of sp³-hybridized carbons (Fsp3) is 0.192. The Morgan fingerprint density at radius 2 is 1.89 bits per heavy atom. The maximum Gasteiger partial charge on any atom is 0.223 e. The van der Waals surface area contributed by atoms with E-state index in [2.05, 4.69) is 22.4 Å². The van der Waals surface area contributed by atoms with E-state index in [-0.39, 0.29) is 5.75 Å². The van der Waals surface area contributed by atoms with Gasteiger partial charge in [-0.2, -0.15) is 0 Å². The van der Waals surface area contributed by atoms with Gasteiger partial charge >= 0.3 is 0 Å². The Balaban J connectivity index is 1.16. The molecule has 1 atom stereocenters. The van der Waals surface area contributed by atoms with Crippen LogP contribution in [-0.2, 0) is 17.7 Å². The van der Waals surface area contributed by atoms with E-state index in [0.29, 0.717) is 25.6 Å². The van der Waals surface area contributed by atoms with Crippen molar-refractivity contribution in [2.24, 2.45) is 0 Å². The van der Waals surface area contributed by atoms with Gasteiger partial charge in [0.2, 0.25) is 5.95 Å². The molecular weight excluding hydrogens is 506 g/mol. The third-order valence-electron chi connectivity index (χ3n) is 6.17. The molecule has 4 heterocycles. The largest absolute Gasteiger partial charge is 0.508 e. The number of fused-ring (bicyclic) bond motifs is 1. The van der Waals surface area contributed by atoms with Gasteiger partial charge in [0.05, 0.1) is 11.4 Å². The Kier molecular flexibility index (Phi) is 6.66. The first-order valence-electron chi connectivity index (χ1n) is 11.9. The zero-order valence-electron chi connectivity index (χ0n) is 19.9. The van der Waals surface area contributed by atoms with Gasteiger partial charge < -0.3 is 10.4 Å². The molecule has 3 aromatic heterocycles. The number of hydrogen-bond acceptors (Lipinski definition) is 7. The summed E-state index contributed by atoms with van der Waals surface area (Å²) in [4.78, 5) is 14.8. The number of aromatic nitrogens is 4. The smallest absolute Gasteiger partial charge is 0.223 e. The van der Waals surface area contributed by atoms with Gasteiger partial charge in [-0.25, -0.2) is 27.8 Å². The van der Waals surface area contributed by atoms with Gasteiger partial charge in [-0.1, -0.05) is 42.5 Å². The molecule has 11 heteroatoms. The number of phenolic OH excluding ortho intramolecular Hbond substituents is 1. The van der Waals surface area contributed by atoms with Crippen LogP contribution in [0.15, 0.2) is 78.4 Å². The minimum Gasteiger partial charge on any atom is -0.508 e. The lowest BCUT2D eigenvalue weighted by Crippen LogP contribution is -2.30. The number of phenols is 1. The lowest BCUT2D eigenvalue weighted by Gasteiger charge is -2.17. The summed E-state index contributed by atoms with van der Waals surface area (Å²) in [6, 6.07) is 19.0. The van der Waals surface area contributed by atoms with Gasteiger partial charge in [0.25, 0.3) is 0 Å². The molecule has 2 N–H and O–H groups in total. The highest BCUT2D eigenvalue weighted by molar-refractivity contribution is 7.80. The molecule has 0 spiro atoms. The molecule has 6 rings (SSSR count). The molecular formula is C26H25N7O2S2. The molecule has 0 aliphatic carbocycles. The Hall–Kier alpha value is -3.64. The monoisotopic (exact) mass is 531 g/mol. The SMILES string of the molecule is O=S1N(CCNc2nccc(-c3c(-c4cccc(O)c4)nc4sccn34)n2)CCN1Cc1ccccc1. The lowest BCUT2D eigenvalue weighted by atomic mass is 10.1. The molecule has 1 saturated heterocycles. The first-order chi connectivity index (χ1) is 18.2. The second-order valence-electron chi connectivity index (χ2n) is 8.62. The van der Waals surface area contributed by atoms with Crippen molar-refractivity contribution >= 4 is 33.4 Å². The average Bonchev–Trinajstić information content (AvgIpc) is 3.61. The number of nitrogens with zero attached hydrogens (tertiary/aromatic N) is 6. The van der Waals surface area contributed by atoms with E-state index in [9.17, 15) is 9.32 Å². The quantitative estimate of drug-likeness (QED) is 0.314. The van der Waals surface area contributed by atoms with Crippen molar-refractivity contribution in [3.8, 4) is 28.4 Å². The first kappa shape index (κ1) is 23.7. The van der Waals surface area contributed by atoms with Gasteiger partial charge in [0.1, 0.15) is 11.4 Å². The normalized spacial score (nSPS) is 16.5. The Labute approximate surface area is 220 Å². The molecule has 37 heavy (non-hydrogen) atoms. The van der Waals surface area contributed by atoms with Crippen molar-refractivity contribution in [3.63, 3.8) is 0 Å². The van der Waals surface area contributed by atoms with Crippen LogP contribution in [-0.4, -0.2) is 63.5 Å². The predicted molar refractivity (Wildman–Crippen MR) is 146 cm³/mol. The second kappa shape index (κ2) is 10.4. The molecule has 9 nitrogen and oxygen atoms in total. The zero-order valence-corrected chi connectivity index (χ0v) is 21.5. The Morgan fingerprint density at radius 3 is 2.76 bits per heavy atom. The van der Waals surface area contributed by atoms with Crippen LogP contribution in [0.1, 0.15) is 5.56 Å². The number of nitrogens with one attached hydrogen (secondary N) is 1. The molecule has 0 bridgehead atoms. The molecule has 1 fully saturated rings. The highest BCUT2D eigenvalue weighted by Gasteiger charge is 2.28. The number of imidazole rings is 1. The molecule has 2 aromatic carbocycles. The van der Waals surface area contributed by atoms with Crippen LogP contribution in [0.25, 0.3) is 27.6 Å². The number of anilines is 1. The highest BCUT2D eigenvalue weighted by atomic mass is 32.2. The minimum atomic E-state index is -1.17. The third kappa shape index (κ3) is 4.98. The summed E-state index contributed by atoms with van der Waals surface area (Å²) in [6.07, 6.45) is 3.69. The summed E-state index contributed by atoms with van der Waals surface area (Å²) < 4.78 is 18.9. The number of benzene rings is 2. The molecule has 1 aliphatic rings. The lowest BCUT2D eigenvalue weighted by molar-refractivity contribution is 0.465. The Morgan fingerprint density at radius 1 is 1.03 bits per heavy atom. The number of hydrogen-bond donors (Lipinski definition) is 2. The van der Waals surface area contributed by atoms with E-state index >= 15 is 0 Å². The van der Waals surface area contributed by atoms with E-state index in [0.717, 1.165) is 46.3 Å². The molecule has 1 unspecified atom stereocenters. The second-order valence-corrected chi connectivity index (χ2v) is 11.0. The molecule has 1 aliphatic heterocycles. The van der Waals surface area contributed by atoms with Crippen LogP contribution in [0, 0.1) is 0 Å². The summed E-state index contributed by atoms with van der Waals surface area (Å²) in [7, 11) is 0. The highest BCUT2D eigenvalue weighted by Crippen LogP contribution is 2.34. The number of aromatic hydroxyl groups is 1. The fourth-order valence-electron chi connectivity index (χ4n) is 4.41. The van der Waals surface area contributed by atoms with Crippen LogP contribution >= 0.6 is 11.3 Å². The van der Waals surface area contributed by atoms with Crippen molar-refractivity contribution in [3.05, 3.63) is 84.0 Å². The van der Waals surface area contributed by atoms with E-state index in [1.165, 1.54) is 0 Å². The standard InChI is InChI=1S/C26H25N7O2S2/c34-21-8-4-7-20(17-21)23-24(33-15-16-36-26(33)30-23)22-9-10-27-25(29-22)28-11-12-31-13-14-32(37(31)35)18-19-5-2-1-3-6-19/h1-10,15-17,34H,11-14,18H2,(H,27,28,29). The van der Waals surface area contributed by atoms with Gasteiger partial charge in [-0.15, -0.1) is 11.3 Å². The van der Waals surface area contributed by atoms with Crippen molar-refractivity contribution in [2.45, 2.75) is 6.54 Å². The van der Waals surface area contributed by atoms with Gasteiger partial charge in [-0.05, 0) is 23.8 Å². The average molecular weight is 532 g/mol. The summed E-state index contributed by atoms with van der Waals surface area (Å²) in [5.74, 6) is 0.683. The maximum absolute atomic E-state index is 12.9. The number of rotatable bonds is 8. The molecule has 5 aromatic rings. The summed E-state index contributed by atoms with van der Waals surface area (Å²) in [5.41, 5.74) is 4.28. The van der Waals surface area contributed by atoms with Gasteiger partial charge in [0, 0.05) is 56.1 Å². The van der Waals surface area contributed by atoms with Crippen LogP contribution in [0.2, 0.25) is 0 Å². The van der Waals surface area contributed by atoms with E-state index in [1.807, 2.05) is 54.9 Å². The van der Waals surface area contributed by atoms with Crippen molar-refractivity contribution < 1.29 is 9.32 Å². The minimum absolute atomic E-state index is 0.187. The Bertz CT molecular complexity index is 1550. The fourth-order valence-corrected chi connectivity index (χ4v) is 6.43. The van der Waals surface area contributed by atoms with E-state index < -0.39 is 11.2 Å².